The predicted molar refractivity (Wildman–Crippen MR) is 103 cm³/mol. The fourth-order valence-corrected chi connectivity index (χ4v) is 4.26. The fourth-order valence-electron chi connectivity index (χ4n) is 2.78. The minimum Gasteiger partial charge on any atom is -0.306 e. The van der Waals surface area contributed by atoms with Crippen LogP contribution in [0.4, 0.5) is 10.2 Å². The monoisotopic (exact) mass is 407 g/mol. The molecule has 1 aliphatic heterocycles. The Kier molecular flexibility index (Phi) is 4.65. The quantitative estimate of drug-likeness (QED) is 0.638. The highest BCUT2D eigenvalue weighted by molar-refractivity contribution is 7.98. The number of anilines is 1. The Morgan fingerprint density at radius 3 is 2.81 bits per heavy atom. The molecule has 0 atom stereocenters. The highest BCUT2D eigenvalue weighted by atomic mass is 35.5. The van der Waals surface area contributed by atoms with E-state index in [0.29, 0.717) is 10.8 Å². The van der Waals surface area contributed by atoms with Crippen LogP contribution in [-0.2, 0) is 11.5 Å². The number of hydrogen-bond donors (Lipinski definition) is 1. The summed E-state index contributed by atoms with van der Waals surface area (Å²) in [5, 5.41) is 8.13. The lowest BCUT2D eigenvalue weighted by molar-refractivity contribution is 0.102. The second kappa shape index (κ2) is 6.95. The lowest BCUT2D eigenvalue weighted by Gasteiger charge is -2.12. The number of carbonyl (C=O) groups excluding carboxylic acids is 1. The standard InChI is InChI=1S/C18H12Cl2FN3OS/c19-10-2-1-3-12(6-10)24-17(14-8-26-9-16(14)23-24)22-18(25)13-5-4-11(21)7-15(13)20/h1-7H,8-9H2,(H,22,25). The van der Waals surface area contributed by atoms with E-state index in [9.17, 15) is 9.18 Å². The molecule has 0 aliphatic carbocycles. The summed E-state index contributed by atoms with van der Waals surface area (Å²) in [6.45, 7) is 0. The minimum absolute atomic E-state index is 0.0577. The zero-order chi connectivity index (χ0) is 18.3. The van der Waals surface area contributed by atoms with Gasteiger partial charge in [-0.1, -0.05) is 29.3 Å². The zero-order valence-corrected chi connectivity index (χ0v) is 15.6. The first-order chi connectivity index (χ1) is 12.5. The molecule has 132 valence electrons. The van der Waals surface area contributed by atoms with Gasteiger partial charge in [-0.2, -0.15) is 16.9 Å². The Morgan fingerprint density at radius 2 is 2.04 bits per heavy atom. The third kappa shape index (κ3) is 3.20. The van der Waals surface area contributed by atoms with Crippen LogP contribution in [0, 0.1) is 5.82 Å². The maximum Gasteiger partial charge on any atom is 0.258 e. The van der Waals surface area contributed by atoms with Crippen molar-refractivity contribution in [1.82, 2.24) is 9.78 Å². The maximum absolute atomic E-state index is 13.2. The molecule has 0 saturated heterocycles. The number of hydrogen-bond acceptors (Lipinski definition) is 3. The SMILES string of the molecule is O=C(Nc1c2c(nn1-c1cccc(Cl)c1)CSC2)c1ccc(F)cc1Cl. The van der Waals surface area contributed by atoms with Crippen LogP contribution in [0.2, 0.25) is 10.0 Å². The normalized spacial score (nSPS) is 12.9. The number of nitrogens with one attached hydrogen (secondary N) is 1. The summed E-state index contributed by atoms with van der Waals surface area (Å²) >= 11 is 13.8. The van der Waals surface area contributed by atoms with Gasteiger partial charge in [-0.3, -0.25) is 4.79 Å². The average Bonchev–Trinajstić information content (AvgIpc) is 3.17. The number of carbonyl (C=O) groups is 1. The van der Waals surface area contributed by atoms with Crippen molar-refractivity contribution in [2.45, 2.75) is 11.5 Å². The topological polar surface area (TPSA) is 46.9 Å². The van der Waals surface area contributed by atoms with Gasteiger partial charge in [0.2, 0.25) is 0 Å². The molecule has 8 heteroatoms. The molecule has 0 saturated carbocycles. The molecule has 1 aromatic heterocycles. The molecule has 0 radical (unpaired) electrons. The van der Waals surface area contributed by atoms with Crippen LogP contribution in [0.3, 0.4) is 0 Å². The molecule has 2 aromatic carbocycles. The molecule has 1 aliphatic rings. The third-order valence-electron chi connectivity index (χ3n) is 4.01. The molecule has 0 unspecified atom stereocenters. The lowest BCUT2D eigenvalue weighted by atomic mass is 10.2. The van der Waals surface area contributed by atoms with Crippen LogP contribution in [-0.4, -0.2) is 15.7 Å². The van der Waals surface area contributed by atoms with Crippen LogP contribution in [0.25, 0.3) is 5.69 Å². The summed E-state index contributed by atoms with van der Waals surface area (Å²) < 4.78 is 14.9. The van der Waals surface area contributed by atoms with Crippen molar-refractivity contribution < 1.29 is 9.18 Å². The van der Waals surface area contributed by atoms with E-state index in [1.54, 1.807) is 28.6 Å². The van der Waals surface area contributed by atoms with E-state index < -0.39 is 11.7 Å². The molecule has 0 bridgehead atoms. The molecule has 2 heterocycles. The minimum atomic E-state index is -0.493. The zero-order valence-electron chi connectivity index (χ0n) is 13.3. The van der Waals surface area contributed by atoms with Crippen molar-refractivity contribution >= 4 is 46.7 Å². The third-order valence-corrected chi connectivity index (χ3v) is 5.53. The average molecular weight is 408 g/mol. The second-order valence-electron chi connectivity index (χ2n) is 5.74. The first-order valence-electron chi connectivity index (χ1n) is 7.74. The second-order valence-corrected chi connectivity index (χ2v) is 7.57. The van der Waals surface area contributed by atoms with Crippen molar-refractivity contribution in [1.29, 1.82) is 0 Å². The van der Waals surface area contributed by atoms with Gasteiger partial charge in [-0.15, -0.1) is 0 Å². The van der Waals surface area contributed by atoms with Crippen molar-refractivity contribution in [3.63, 3.8) is 0 Å². The first-order valence-corrected chi connectivity index (χ1v) is 9.65. The Bertz CT molecular complexity index is 1020. The van der Waals surface area contributed by atoms with Gasteiger partial charge in [0.25, 0.3) is 5.91 Å². The van der Waals surface area contributed by atoms with Crippen LogP contribution in [0.15, 0.2) is 42.5 Å². The van der Waals surface area contributed by atoms with Gasteiger partial charge in [0.05, 0.1) is 22.0 Å². The Balaban J connectivity index is 1.75. The summed E-state index contributed by atoms with van der Waals surface area (Å²) in [5.74, 6) is 1.20. The van der Waals surface area contributed by atoms with Crippen molar-refractivity contribution in [2.24, 2.45) is 0 Å². The molecule has 26 heavy (non-hydrogen) atoms. The van der Waals surface area contributed by atoms with Crippen molar-refractivity contribution in [2.75, 3.05) is 5.32 Å². The Hall–Kier alpha value is -2.02. The van der Waals surface area contributed by atoms with E-state index in [1.165, 1.54) is 12.1 Å². The molecule has 0 fully saturated rings. The summed E-state index contributed by atoms with van der Waals surface area (Å²) in [6.07, 6.45) is 0. The molecule has 1 amide bonds. The first kappa shape index (κ1) is 17.4. The van der Waals surface area contributed by atoms with Gasteiger partial charge < -0.3 is 5.32 Å². The molecule has 1 N–H and O–H groups in total. The van der Waals surface area contributed by atoms with E-state index >= 15 is 0 Å². The van der Waals surface area contributed by atoms with Gasteiger partial charge in [-0.05, 0) is 36.4 Å². The lowest BCUT2D eigenvalue weighted by Crippen LogP contribution is -2.16. The number of thioether (sulfide) groups is 1. The Morgan fingerprint density at radius 1 is 1.19 bits per heavy atom. The summed E-state index contributed by atoms with van der Waals surface area (Å²) in [4.78, 5) is 12.7. The predicted octanol–water partition coefficient (Wildman–Crippen LogP) is 5.32. The van der Waals surface area contributed by atoms with E-state index in [0.717, 1.165) is 34.5 Å². The molecular formula is C18H12Cl2FN3OS. The van der Waals surface area contributed by atoms with Crippen molar-refractivity contribution in [3.8, 4) is 5.69 Å². The molecule has 4 nitrogen and oxygen atoms in total. The number of benzene rings is 2. The van der Waals surface area contributed by atoms with Crippen LogP contribution >= 0.6 is 35.0 Å². The Labute approximate surface area is 163 Å². The van der Waals surface area contributed by atoms with Crippen LogP contribution < -0.4 is 5.32 Å². The summed E-state index contributed by atoms with van der Waals surface area (Å²) in [6, 6.07) is 10.9. The largest absolute Gasteiger partial charge is 0.306 e. The van der Waals surface area contributed by atoms with Gasteiger partial charge in [0.15, 0.2) is 0 Å². The summed E-state index contributed by atoms with van der Waals surface area (Å²) in [7, 11) is 0. The number of rotatable bonds is 3. The number of halogens is 3. The van der Waals surface area contributed by atoms with Gasteiger partial charge in [-0.25, -0.2) is 9.07 Å². The van der Waals surface area contributed by atoms with Crippen LogP contribution in [0.5, 0.6) is 0 Å². The van der Waals surface area contributed by atoms with Gasteiger partial charge in [0, 0.05) is 22.1 Å². The number of aromatic nitrogens is 2. The van der Waals surface area contributed by atoms with E-state index in [1.807, 2.05) is 12.1 Å². The van der Waals surface area contributed by atoms with E-state index in [4.69, 9.17) is 23.2 Å². The van der Waals surface area contributed by atoms with Crippen LogP contribution in [0.1, 0.15) is 21.6 Å². The highest BCUT2D eigenvalue weighted by Crippen LogP contribution is 2.36. The number of nitrogens with zero attached hydrogens (tertiary/aromatic N) is 2. The number of fused-ring (bicyclic) bond motifs is 1. The van der Waals surface area contributed by atoms with Gasteiger partial charge >= 0.3 is 0 Å². The fraction of sp³-hybridized carbons (Fsp3) is 0.111. The molecule has 4 rings (SSSR count). The highest BCUT2D eigenvalue weighted by Gasteiger charge is 2.25. The van der Waals surface area contributed by atoms with Gasteiger partial charge in [0.1, 0.15) is 11.6 Å². The molecule has 0 spiro atoms. The van der Waals surface area contributed by atoms with Crippen molar-refractivity contribution in [3.05, 3.63) is 75.1 Å². The molecule has 3 aromatic rings. The van der Waals surface area contributed by atoms with E-state index in [2.05, 4.69) is 10.4 Å². The number of amides is 1. The summed E-state index contributed by atoms with van der Waals surface area (Å²) in [5.41, 5.74) is 2.85. The maximum atomic E-state index is 13.2. The van der Waals surface area contributed by atoms with E-state index in [-0.39, 0.29) is 10.6 Å². The molecular weight excluding hydrogens is 396 g/mol. The smallest absolute Gasteiger partial charge is 0.258 e.